The second-order valence-corrected chi connectivity index (χ2v) is 7.39. The fourth-order valence-corrected chi connectivity index (χ4v) is 3.57. The third kappa shape index (κ3) is 3.98. The Hall–Kier alpha value is -4.12. The zero-order valence-electron chi connectivity index (χ0n) is 17.0. The fraction of sp³-hybridized carbons (Fsp3) is 0.0769. The summed E-state index contributed by atoms with van der Waals surface area (Å²) in [6.45, 7) is 1.91. The number of nitrogens with one attached hydrogen (secondary N) is 1. The molecule has 0 saturated heterocycles. The summed E-state index contributed by atoms with van der Waals surface area (Å²) in [7, 11) is 0. The van der Waals surface area contributed by atoms with Crippen molar-refractivity contribution in [3.8, 4) is 17.2 Å². The van der Waals surface area contributed by atoms with Gasteiger partial charge in [-0.1, -0.05) is 48.5 Å². The van der Waals surface area contributed by atoms with Crippen molar-refractivity contribution < 1.29 is 13.9 Å². The van der Waals surface area contributed by atoms with E-state index in [1.54, 1.807) is 0 Å². The van der Waals surface area contributed by atoms with Crippen molar-refractivity contribution in [2.24, 2.45) is 0 Å². The molecule has 1 heterocycles. The lowest BCUT2D eigenvalue weighted by atomic mass is 10.1. The molecule has 5 rings (SSSR count). The number of anilines is 1. The molecule has 4 aromatic carbocycles. The van der Waals surface area contributed by atoms with Gasteiger partial charge >= 0.3 is 0 Å². The van der Waals surface area contributed by atoms with E-state index in [1.807, 2.05) is 85.8 Å². The number of nitrogens with zero attached hydrogens (tertiary/aromatic N) is 1. The Morgan fingerprint density at radius 2 is 1.84 bits per heavy atom. The first-order chi connectivity index (χ1) is 15.2. The quantitative estimate of drug-likeness (QED) is 0.389. The molecule has 0 aliphatic carbocycles. The molecular weight excluding hydrogens is 388 g/mol. The SMILES string of the molecule is Cc1cccc(OCC(=O)Nc2cccc(-c3nc4c(ccc5ccccc54)o3)c2)c1. The molecule has 5 aromatic rings. The summed E-state index contributed by atoms with van der Waals surface area (Å²) >= 11 is 0. The van der Waals surface area contributed by atoms with Crippen LogP contribution in [0.2, 0.25) is 0 Å². The lowest BCUT2D eigenvalue weighted by molar-refractivity contribution is -0.118. The highest BCUT2D eigenvalue weighted by Crippen LogP contribution is 2.30. The molecule has 0 bridgehead atoms. The lowest BCUT2D eigenvalue weighted by Crippen LogP contribution is -2.20. The van der Waals surface area contributed by atoms with E-state index in [4.69, 9.17) is 14.1 Å². The van der Waals surface area contributed by atoms with Crippen LogP contribution < -0.4 is 10.1 Å². The topological polar surface area (TPSA) is 64.4 Å². The fourth-order valence-electron chi connectivity index (χ4n) is 3.57. The van der Waals surface area contributed by atoms with Crippen molar-refractivity contribution in [1.29, 1.82) is 0 Å². The first-order valence-corrected chi connectivity index (χ1v) is 10.0. The van der Waals surface area contributed by atoms with Crippen LogP contribution in [0.25, 0.3) is 33.3 Å². The van der Waals surface area contributed by atoms with E-state index in [1.165, 1.54) is 0 Å². The van der Waals surface area contributed by atoms with Crippen molar-refractivity contribution in [2.75, 3.05) is 11.9 Å². The normalized spacial score (nSPS) is 11.0. The van der Waals surface area contributed by atoms with E-state index >= 15 is 0 Å². The number of carbonyl (C=O) groups is 1. The molecule has 1 amide bonds. The van der Waals surface area contributed by atoms with Crippen molar-refractivity contribution >= 4 is 33.5 Å². The standard InChI is InChI=1S/C26H20N2O3/c1-17-6-4-10-21(14-17)30-16-24(29)27-20-9-5-8-19(15-20)26-28-25-22-11-3-2-7-18(22)12-13-23(25)31-26/h2-15H,16H2,1H3,(H,27,29). The number of hydrogen-bond donors (Lipinski definition) is 1. The minimum atomic E-state index is -0.234. The van der Waals surface area contributed by atoms with Crippen molar-refractivity contribution in [2.45, 2.75) is 6.92 Å². The van der Waals surface area contributed by atoms with E-state index in [2.05, 4.69) is 11.4 Å². The summed E-state index contributed by atoms with van der Waals surface area (Å²) in [4.78, 5) is 17.0. The summed E-state index contributed by atoms with van der Waals surface area (Å²) in [5.41, 5.74) is 4.08. The van der Waals surface area contributed by atoms with Crippen molar-refractivity contribution in [3.05, 3.63) is 90.5 Å². The number of amides is 1. The third-order valence-electron chi connectivity index (χ3n) is 5.04. The predicted octanol–water partition coefficient (Wildman–Crippen LogP) is 5.97. The molecule has 0 spiro atoms. The van der Waals surface area contributed by atoms with Gasteiger partial charge < -0.3 is 14.5 Å². The number of rotatable bonds is 5. The largest absolute Gasteiger partial charge is 0.484 e. The first kappa shape index (κ1) is 18.9. The van der Waals surface area contributed by atoms with Crippen LogP contribution in [-0.4, -0.2) is 17.5 Å². The highest BCUT2D eigenvalue weighted by molar-refractivity contribution is 6.04. The van der Waals surface area contributed by atoms with Gasteiger partial charge in [0.2, 0.25) is 5.89 Å². The smallest absolute Gasteiger partial charge is 0.262 e. The Bertz CT molecular complexity index is 1400. The van der Waals surface area contributed by atoms with Gasteiger partial charge in [-0.05, 0) is 54.3 Å². The Balaban J connectivity index is 1.35. The molecule has 152 valence electrons. The number of benzene rings is 4. The van der Waals surface area contributed by atoms with Crippen LogP contribution in [0.3, 0.4) is 0 Å². The molecule has 0 fully saturated rings. The number of ether oxygens (including phenoxy) is 1. The van der Waals surface area contributed by atoms with Gasteiger partial charge in [-0.2, -0.15) is 0 Å². The molecule has 0 aliphatic heterocycles. The van der Waals surface area contributed by atoms with Gasteiger partial charge in [0, 0.05) is 16.6 Å². The van der Waals surface area contributed by atoms with E-state index in [0.29, 0.717) is 17.3 Å². The number of fused-ring (bicyclic) bond motifs is 3. The van der Waals surface area contributed by atoms with Gasteiger partial charge in [-0.15, -0.1) is 0 Å². The Morgan fingerprint density at radius 3 is 2.74 bits per heavy atom. The average Bonchev–Trinajstić information content (AvgIpc) is 3.23. The number of aromatic nitrogens is 1. The van der Waals surface area contributed by atoms with Gasteiger partial charge in [-0.3, -0.25) is 4.79 Å². The van der Waals surface area contributed by atoms with Gasteiger partial charge in [-0.25, -0.2) is 4.98 Å². The minimum absolute atomic E-state index is 0.0669. The van der Waals surface area contributed by atoms with Gasteiger partial charge in [0.05, 0.1) is 0 Å². The maximum atomic E-state index is 12.3. The Labute approximate surface area is 179 Å². The third-order valence-corrected chi connectivity index (χ3v) is 5.04. The van der Waals surface area contributed by atoms with Gasteiger partial charge in [0.25, 0.3) is 5.91 Å². The minimum Gasteiger partial charge on any atom is -0.484 e. The van der Waals surface area contributed by atoms with Crippen LogP contribution in [0.1, 0.15) is 5.56 Å². The lowest BCUT2D eigenvalue weighted by Gasteiger charge is -2.08. The van der Waals surface area contributed by atoms with Crippen LogP contribution in [-0.2, 0) is 4.79 Å². The van der Waals surface area contributed by atoms with Gasteiger partial charge in [0.15, 0.2) is 12.2 Å². The van der Waals surface area contributed by atoms with Crippen LogP contribution in [0.4, 0.5) is 5.69 Å². The maximum Gasteiger partial charge on any atom is 0.262 e. The Morgan fingerprint density at radius 1 is 0.968 bits per heavy atom. The zero-order valence-corrected chi connectivity index (χ0v) is 17.0. The molecule has 0 atom stereocenters. The van der Waals surface area contributed by atoms with E-state index in [0.717, 1.165) is 33.0 Å². The molecule has 1 N–H and O–H groups in total. The van der Waals surface area contributed by atoms with E-state index in [-0.39, 0.29) is 12.5 Å². The first-order valence-electron chi connectivity index (χ1n) is 10.0. The number of hydrogen-bond acceptors (Lipinski definition) is 4. The van der Waals surface area contributed by atoms with Crippen LogP contribution in [0, 0.1) is 6.92 Å². The summed E-state index contributed by atoms with van der Waals surface area (Å²) in [6, 6.07) is 27.1. The molecule has 5 heteroatoms. The van der Waals surface area contributed by atoms with Crippen LogP contribution >= 0.6 is 0 Å². The highest BCUT2D eigenvalue weighted by Gasteiger charge is 2.12. The summed E-state index contributed by atoms with van der Waals surface area (Å²) in [6.07, 6.45) is 0. The van der Waals surface area contributed by atoms with E-state index < -0.39 is 0 Å². The highest BCUT2D eigenvalue weighted by atomic mass is 16.5. The summed E-state index contributed by atoms with van der Waals surface area (Å²) in [5.74, 6) is 0.947. The molecule has 31 heavy (non-hydrogen) atoms. The average molecular weight is 408 g/mol. The second kappa shape index (κ2) is 7.95. The molecule has 1 aromatic heterocycles. The van der Waals surface area contributed by atoms with Crippen LogP contribution in [0.15, 0.2) is 89.3 Å². The number of carbonyl (C=O) groups excluding carboxylic acids is 1. The maximum absolute atomic E-state index is 12.3. The van der Waals surface area contributed by atoms with Crippen molar-refractivity contribution in [1.82, 2.24) is 4.98 Å². The number of aryl methyl sites for hydroxylation is 1. The predicted molar refractivity (Wildman–Crippen MR) is 122 cm³/mol. The molecule has 0 unspecified atom stereocenters. The van der Waals surface area contributed by atoms with E-state index in [9.17, 15) is 4.79 Å². The molecular formula is C26H20N2O3. The molecule has 0 saturated carbocycles. The van der Waals surface area contributed by atoms with Crippen molar-refractivity contribution in [3.63, 3.8) is 0 Å². The van der Waals surface area contributed by atoms with Gasteiger partial charge in [0.1, 0.15) is 11.3 Å². The second-order valence-electron chi connectivity index (χ2n) is 7.39. The monoisotopic (exact) mass is 408 g/mol. The van der Waals surface area contributed by atoms with Crippen LogP contribution in [0.5, 0.6) is 5.75 Å². The zero-order chi connectivity index (χ0) is 21.2. The molecule has 5 nitrogen and oxygen atoms in total. The number of oxazole rings is 1. The summed E-state index contributed by atoms with van der Waals surface area (Å²) < 4.78 is 11.6. The molecule has 0 radical (unpaired) electrons. The Kier molecular flexibility index (Phi) is 4.84. The summed E-state index contributed by atoms with van der Waals surface area (Å²) in [5, 5.41) is 5.03. The molecule has 0 aliphatic rings.